The fourth-order valence-corrected chi connectivity index (χ4v) is 4.94. The molecule has 3 aromatic rings. The molecule has 7 nitrogen and oxygen atoms in total. The van der Waals surface area contributed by atoms with E-state index in [1.54, 1.807) is 6.07 Å². The lowest BCUT2D eigenvalue weighted by Gasteiger charge is -2.22. The van der Waals surface area contributed by atoms with Gasteiger partial charge in [-0.15, -0.1) is 22.7 Å². The number of carbonyl (C=O) groups is 2. The molecule has 152 valence electrons. The molecule has 0 unspecified atom stereocenters. The summed E-state index contributed by atoms with van der Waals surface area (Å²) in [6, 6.07) is 5.69. The molecule has 1 saturated carbocycles. The molecule has 3 N–H and O–H groups in total. The second kappa shape index (κ2) is 9.32. The van der Waals surface area contributed by atoms with Crippen LogP contribution in [-0.2, 0) is 0 Å². The van der Waals surface area contributed by atoms with Crippen molar-refractivity contribution in [3.63, 3.8) is 0 Å². The summed E-state index contributed by atoms with van der Waals surface area (Å²) in [6.07, 6.45) is 5.74. The lowest BCUT2D eigenvalue weighted by molar-refractivity contribution is 0.103. The molecular formula is C20H23N5O2S2. The third kappa shape index (κ3) is 4.91. The Kier molecular flexibility index (Phi) is 6.36. The zero-order chi connectivity index (χ0) is 20.1. The number of hydrogen-bond donors (Lipinski definition) is 3. The molecule has 1 fully saturated rings. The van der Waals surface area contributed by atoms with Crippen molar-refractivity contribution >= 4 is 50.7 Å². The van der Waals surface area contributed by atoms with Gasteiger partial charge >= 0.3 is 6.03 Å². The van der Waals surface area contributed by atoms with Gasteiger partial charge in [0.2, 0.25) is 11.7 Å². The molecule has 1 aliphatic rings. The molecule has 0 atom stereocenters. The second-order valence-corrected chi connectivity index (χ2v) is 8.86. The van der Waals surface area contributed by atoms with E-state index in [0.717, 1.165) is 23.1 Å². The fraction of sp³-hybridized carbons (Fsp3) is 0.400. The van der Waals surface area contributed by atoms with Crippen LogP contribution >= 0.6 is 22.7 Å². The van der Waals surface area contributed by atoms with Crippen LogP contribution in [0, 0.1) is 0 Å². The number of nitrogens with zero attached hydrogens (tertiary/aromatic N) is 2. The van der Waals surface area contributed by atoms with Gasteiger partial charge in [0.25, 0.3) is 0 Å². The number of aromatic nitrogens is 2. The van der Waals surface area contributed by atoms with Crippen molar-refractivity contribution in [3.05, 3.63) is 39.5 Å². The number of fused-ring (bicyclic) bond motifs is 1. The monoisotopic (exact) mass is 429 g/mol. The SMILES string of the molecule is O=C(NCCNc1nc(C(=O)c2cccs2)c2sccc2n1)NC1CCCCC1. The first-order chi connectivity index (χ1) is 14.2. The van der Waals surface area contributed by atoms with Crippen molar-refractivity contribution in [3.8, 4) is 0 Å². The number of urea groups is 1. The zero-order valence-electron chi connectivity index (χ0n) is 15.9. The predicted molar refractivity (Wildman–Crippen MR) is 117 cm³/mol. The van der Waals surface area contributed by atoms with Gasteiger partial charge in [0, 0.05) is 19.1 Å². The van der Waals surface area contributed by atoms with Gasteiger partial charge < -0.3 is 16.0 Å². The number of hydrogen-bond acceptors (Lipinski definition) is 7. The third-order valence-electron chi connectivity index (χ3n) is 4.90. The summed E-state index contributed by atoms with van der Waals surface area (Å²) in [7, 11) is 0. The van der Waals surface area contributed by atoms with Gasteiger partial charge in [-0.2, -0.15) is 0 Å². The van der Waals surface area contributed by atoms with Crippen molar-refractivity contribution in [2.24, 2.45) is 0 Å². The summed E-state index contributed by atoms with van der Waals surface area (Å²) in [6.45, 7) is 0.915. The van der Waals surface area contributed by atoms with Crippen LogP contribution in [0.4, 0.5) is 10.7 Å². The molecular weight excluding hydrogens is 406 g/mol. The van der Waals surface area contributed by atoms with E-state index in [1.165, 1.54) is 41.9 Å². The van der Waals surface area contributed by atoms with E-state index in [-0.39, 0.29) is 17.9 Å². The van der Waals surface area contributed by atoms with E-state index in [1.807, 2.05) is 22.9 Å². The predicted octanol–water partition coefficient (Wildman–Crippen LogP) is 4.03. The lowest BCUT2D eigenvalue weighted by atomic mass is 9.96. The summed E-state index contributed by atoms with van der Waals surface area (Å²) in [5.74, 6) is 0.299. The molecule has 2 amide bonds. The van der Waals surface area contributed by atoms with Crippen LogP contribution in [-0.4, -0.2) is 40.9 Å². The Bertz CT molecular complexity index is 980. The molecule has 3 aromatic heterocycles. The molecule has 0 aliphatic heterocycles. The van der Waals surface area contributed by atoms with Crippen molar-refractivity contribution in [2.45, 2.75) is 38.1 Å². The van der Waals surface area contributed by atoms with E-state index >= 15 is 0 Å². The molecule has 9 heteroatoms. The minimum Gasteiger partial charge on any atom is -0.352 e. The number of nitrogens with one attached hydrogen (secondary N) is 3. The number of carbonyl (C=O) groups excluding carboxylic acids is 2. The molecule has 29 heavy (non-hydrogen) atoms. The zero-order valence-corrected chi connectivity index (χ0v) is 17.6. The standard InChI is InChI=1S/C20H23N5O2S2/c26-17(15-7-4-11-28-15)16-18-14(8-12-29-18)24-19(25-16)21-9-10-22-20(27)23-13-5-2-1-3-6-13/h4,7-8,11-13H,1-3,5-6,9-10H2,(H,21,24,25)(H2,22,23,27). The van der Waals surface area contributed by atoms with E-state index in [9.17, 15) is 9.59 Å². The molecule has 0 aromatic carbocycles. The summed E-state index contributed by atoms with van der Waals surface area (Å²) < 4.78 is 0.791. The summed E-state index contributed by atoms with van der Waals surface area (Å²) in [4.78, 5) is 34.4. The van der Waals surface area contributed by atoms with Gasteiger partial charge in [-0.3, -0.25) is 4.79 Å². The minimum absolute atomic E-state index is 0.0946. The molecule has 0 saturated heterocycles. The maximum absolute atomic E-state index is 12.8. The largest absolute Gasteiger partial charge is 0.352 e. The van der Waals surface area contributed by atoms with Crippen molar-refractivity contribution in [2.75, 3.05) is 18.4 Å². The highest BCUT2D eigenvalue weighted by Gasteiger charge is 2.19. The van der Waals surface area contributed by atoms with E-state index in [4.69, 9.17) is 0 Å². The highest BCUT2D eigenvalue weighted by atomic mass is 32.1. The number of anilines is 1. The van der Waals surface area contributed by atoms with Crippen LogP contribution < -0.4 is 16.0 Å². The van der Waals surface area contributed by atoms with Crippen LogP contribution in [0.3, 0.4) is 0 Å². The Morgan fingerprint density at radius 1 is 1.03 bits per heavy atom. The van der Waals surface area contributed by atoms with E-state index in [2.05, 4.69) is 25.9 Å². The molecule has 1 aliphatic carbocycles. The Labute approximate surface area is 177 Å². The summed E-state index contributed by atoms with van der Waals surface area (Å²) >= 11 is 2.86. The third-order valence-corrected chi connectivity index (χ3v) is 6.68. The van der Waals surface area contributed by atoms with Gasteiger partial charge in [0.15, 0.2) is 0 Å². The highest BCUT2D eigenvalue weighted by molar-refractivity contribution is 7.17. The van der Waals surface area contributed by atoms with Gasteiger partial charge in [-0.1, -0.05) is 25.3 Å². The maximum atomic E-state index is 12.8. The summed E-state index contributed by atoms with van der Waals surface area (Å²) in [5.41, 5.74) is 1.16. The average molecular weight is 430 g/mol. The quantitative estimate of drug-likeness (QED) is 0.389. The smallest absolute Gasteiger partial charge is 0.315 e. The molecule has 0 spiro atoms. The van der Waals surface area contributed by atoms with E-state index in [0.29, 0.717) is 29.6 Å². The Balaban J connectivity index is 1.34. The minimum atomic E-state index is -0.138. The first-order valence-electron chi connectivity index (χ1n) is 9.82. The van der Waals surface area contributed by atoms with Crippen LogP contribution in [0.5, 0.6) is 0 Å². The number of ketones is 1. The maximum Gasteiger partial charge on any atom is 0.315 e. The van der Waals surface area contributed by atoms with Crippen molar-refractivity contribution < 1.29 is 9.59 Å². The lowest BCUT2D eigenvalue weighted by Crippen LogP contribution is -2.44. The molecule has 0 bridgehead atoms. The molecule has 4 rings (SSSR count). The summed E-state index contributed by atoms with van der Waals surface area (Å²) in [5, 5.41) is 12.8. The Hall–Kier alpha value is -2.52. The number of rotatable bonds is 7. The van der Waals surface area contributed by atoms with Gasteiger partial charge in [-0.05, 0) is 35.7 Å². The highest BCUT2D eigenvalue weighted by Crippen LogP contribution is 2.26. The van der Waals surface area contributed by atoms with Crippen molar-refractivity contribution in [1.29, 1.82) is 0 Å². The van der Waals surface area contributed by atoms with Gasteiger partial charge in [-0.25, -0.2) is 14.8 Å². The normalized spacial score (nSPS) is 14.6. The van der Waals surface area contributed by atoms with Crippen LogP contribution in [0.2, 0.25) is 0 Å². The van der Waals surface area contributed by atoms with E-state index < -0.39 is 0 Å². The van der Waals surface area contributed by atoms with Crippen LogP contribution in [0.15, 0.2) is 29.0 Å². The van der Waals surface area contributed by atoms with Gasteiger partial charge in [0.1, 0.15) is 5.69 Å². The van der Waals surface area contributed by atoms with Gasteiger partial charge in [0.05, 0.1) is 15.1 Å². The topological polar surface area (TPSA) is 96.0 Å². The molecule has 0 radical (unpaired) electrons. The number of amides is 2. The molecule has 3 heterocycles. The Morgan fingerprint density at radius 2 is 1.90 bits per heavy atom. The average Bonchev–Trinajstić information content (AvgIpc) is 3.43. The number of thiophene rings is 2. The van der Waals surface area contributed by atoms with Crippen LogP contribution in [0.25, 0.3) is 10.2 Å². The second-order valence-electron chi connectivity index (χ2n) is 7.00. The first-order valence-corrected chi connectivity index (χ1v) is 11.6. The fourth-order valence-electron chi connectivity index (χ4n) is 3.45. The first kappa shape index (κ1) is 19.8. The van der Waals surface area contributed by atoms with Crippen molar-refractivity contribution in [1.82, 2.24) is 20.6 Å². The Morgan fingerprint density at radius 3 is 2.69 bits per heavy atom. The van der Waals surface area contributed by atoms with Crippen LogP contribution in [0.1, 0.15) is 47.5 Å².